The van der Waals surface area contributed by atoms with Crippen LogP contribution in [0.5, 0.6) is 0 Å². The Hall–Kier alpha value is -3.36. The van der Waals surface area contributed by atoms with Crippen LogP contribution in [-0.4, -0.2) is 35.0 Å². The smallest absolute Gasteiger partial charge is 0.417 e. The summed E-state index contributed by atoms with van der Waals surface area (Å²) in [6.07, 6.45) is 0.0679. The van der Waals surface area contributed by atoms with Gasteiger partial charge in [0, 0.05) is 30.9 Å². The highest BCUT2D eigenvalue weighted by molar-refractivity contribution is 5.79. The number of pyridine rings is 1. The van der Waals surface area contributed by atoms with Crippen LogP contribution < -0.4 is 10.2 Å². The van der Waals surface area contributed by atoms with Crippen molar-refractivity contribution in [3.8, 4) is 11.3 Å². The summed E-state index contributed by atoms with van der Waals surface area (Å²) >= 11 is 0. The molecule has 3 aromatic rings. The lowest BCUT2D eigenvalue weighted by Crippen LogP contribution is -2.38. The van der Waals surface area contributed by atoms with E-state index in [2.05, 4.69) is 15.3 Å². The summed E-state index contributed by atoms with van der Waals surface area (Å²) in [6.45, 7) is 2.86. The number of carbonyl (C=O) groups is 1. The second kappa shape index (κ2) is 8.41. The summed E-state index contributed by atoms with van der Waals surface area (Å²) in [6, 6.07) is 8.47. The van der Waals surface area contributed by atoms with Crippen LogP contribution in [0.3, 0.4) is 0 Å². The second-order valence-corrected chi connectivity index (χ2v) is 7.57. The number of amides is 1. The summed E-state index contributed by atoms with van der Waals surface area (Å²) in [5.41, 5.74) is 2.18. The van der Waals surface area contributed by atoms with Gasteiger partial charge >= 0.3 is 6.18 Å². The molecule has 1 N–H and O–H groups in total. The highest BCUT2D eigenvalue weighted by Gasteiger charge is 2.32. The monoisotopic (exact) mass is 430 g/mol. The standard InChI is InChI=1S/C22H21F3N4O2/c1-14-21(31-13-27-14)16-4-2-15(3-5-16)8-20(30)28-18-6-7-29(12-18)19-9-17(10-26-11-19)22(23,24)25/h2-5,9-11,13,18H,6-8,12H2,1H3,(H,28,30). The van der Waals surface area contributed by atoms with E-state index in [9.17, 15) is 18.0 Å². The van der Waals surface area contributed by atoms with Crippen LogP contribution in [0.15, 0.2) is 53.5 Å². The molecule has 3 heterocycles. The number of aryl methyl sites for hydroxylation is 1. The van der Waals surface area contributed by atoms with Gasteiger partial charge in [-0.05, 0) is 25.0 Å². The van der Waals surface area contributed by atoms with Gasteiger partial charge in [-0.2, -0.15) is 13.2 Å². The van der Waals surface area contributed by atoms with E-state index in [1.54, 1.807) is 0 Å². The van der Waals surface area contributed by atoms with Gasteiger partial charge in [-0.1, -0.05) is 24.3 Å². The molecule has 0 spiro atoms. The van der Waals surface area contributed by atoms with Crippen molar-refractivity contribution in [2.24, 2.45) is 0 Å². The minimum Gasteiger partial charge on any atom is -0.443 e. The summed E-state index contributed by atoms with van der Waals surface area (Å²) in [5, 5.41) is 2.97. The molecule has 2 aromatic heterocycles. The molecule has 0 bridgehead atoms. The third kappa shape index (κ3) is 4.87. The largest absolute Gasteiger partial charge is 0.443 e. The van der Waals surface area contributed by atoms with Gasteiger partial charge < -0.3 is 14.6 Å². The lowest BCUT2D eigenvalue weighted by molar-refractivity contribution is -0.137. The van der Waals surface area contributed by atoms with Crippen LogP contribution in [0.4, 0.5) is 18.9 Å². The van der Waals surface area contributed by atoms with Crippen LogP contribution >= 0.6 is 0 Å². The van der Waals surface area contributed by atoms with E-state index in [1.807, 2.05) is 36.1 Å². The van der Waals surface area contributed by atoms with E-state index >= 15 is 0 Å². The Morgan fingerprint density at radius 2 is 2.03 bits per heavy atom. The number of alkyl halides is 3. The normalized spacial score (nSPS) is 16.5. The van der Waals surface area contributed by atoms with Crippen molar-refractivity contribution in [3.63, 3.8) is 0 Å². The number of hydrogen-bond donors (Lipinski definition) is 1. The Morgan fingerprint density at radius 1 is 1.26 bits per heavy atom. The lowest BCUT2D eigenvalue weighted by atomic mass is 10.1. The molecule has 1 aliphatic heterocycles. The third-order valence-electron chi connectivity index (χ3n) is 5.30. The number of hydrogen-bond acceptors (Lipinski definition) is 5. The van der Waals surface area contributed by atoms with Gasteiger partial charge in [0.05, 0.1) is 29.6 Å². The average molecular weight is 430 g/mol. The number of aromatic nitrogens is 2. The maximum Gasteiger partial charge on any atom is 0.417 e. The van der Waals surface area contributed by atoms with Crippen LogP contribution in [0.1, 0.15) is 23.2 Å². The molecule has 0 aliphatic carbocycles. The maximum atomic E-state index is 12.9. The molecule has 1 saturated heterocycles. The van der Waals surface area contributed by atoms with E-state index in [-0.39, 0.29) is 18.4 Å². The highest BCUT2D eigenvalue weighted by Crippen LogP contribution is 2.31. The quantitative estimate of drug-likeness (QED) is 0.663. The summed E-state index contributed by atoms with van der Waals surface area (Å²) < 4.78 is 44.1. The van der Waals surface area contributed by atoms with E-state index in [0.717, 1.165) is 29.1 Å². The predicted octanol–water partition coefficient (Wildman–Crippen LogP) is 4.00. The van der Waals surface area contributed by atoms with Crippen LogP contribution in [0, 0.1) is 6.92 Å². The number of halogens is 3. The average Bonchev–Trinajstić information content (AvgIpc) is 3.37. The van der Waals surface area contributed by atoms with Crippen molar-refractivity contribution in [2.75, 3.05) is 18.0 Å². The zero-order chi connectivity index (χ0) is 22.0. The Balaban J connectivity index is 1.32. The van der Waals surface area contributed by atoms with Crippen LogP contribution in [0.2, 0.25) is 0 Å². The zero-order valence-corrected chi connectivity index (χ0v) is 16.8. The Bertz CT molecular complexity index is 1060. The van der Waals surface area contributed by atoms with Crippen molar-refractivity contribution >= 4 is 11.6 Å². The first-order chi connectivity index (χ1) is 14.8. The van der Waals surface area contributed by atoms with Gasteiger partial charge in [0.1, 0.15) is 0 Å². The summed E-state index contributed by atoms with van der Waals surface area (Å²) in [7, 11) is 0. The molecule has 4 rings (SSSR count). The van der Waals surface area contributed by atoms with Crippen molar-refractivity contribution in [3.05, 3.63) is 65.9 Å². The van der Waals surface area contributed by atoms with Gasteiger partial charge in [-0.25, -0.2) is 4.98 Å². The number of oxazole rings is 1. The summed E-state index contributed by atoms with van der Waals surface area (Å²) in [5.74, 6) is 0.573. The second-order valence-electron chi connectivity index (χ2n) is 7.57. The molecule has 1 atom stereocenters. The zero-order valence-electron chi connectivity index (χ0n) is 16.8. The van der Waals surface area contributed by atoms with E-state index in [4.69, 9.17) is 4.42 Å². The van der Waals surface area contributed by atoms with Crippen molar-refractivity contribution in [1.82, 2.24) is 15.3 Å². The number of anilines is 1. The minimum atomic E-state index is -4.43. The first kappa shape index (κ1) is 20.9. The maximum absolute atomic E-state index is 12.9. The van der Waals surface area contributed by atoms with Crippen molar-refractivity contribution in [2.45, 2.75) is 32.0 Å². The molecule has 9 heteroatoms. The van der Waals surface area contributed by atoms with Crippen LogP contribution in [-0.2, 0) is 17.4 Å². The third-order valence-corrected chi connectivity index (χ3v) is 5.30. The van der Waals surface area contributed by atoms with Crippen LogP contribution in [0.25, 0.3) is 11.3 Å². The first-order valence-electron chi connectivity index (χ1n) is 9.85. The fraction of sp³-hybridized carbons (Fsp3) is 0.318. The van der Waals surface area contributed by atoms with Crippen molar-refractivity contribution in [1.29, 1.82) is 0 Å². The SMILES string of the molecule is Cc1ncoc1-c1ccc(CC(=O)NC2CCN(c3cncc(C(F)(F)F)c3)C2)cc1. The van der Waals surface area contributed by atoms with E-state index in [1.165, 1.54) is 12.6 Å². The minimum absolute atomic E-state index is 0.127. The van der Waals surface area contributed by atoms with Gasteiger partial charge in [-0.15, -0.1) is 0 Å². The Labute approximate surface area is 177 Å². The molecule has 1 fully saturated rings. The molecule has 31 heavy (non-hydrogen) atoms. The Morgan fingerprint density at radius 3 is 2.71 bits per heavy atom. The molecular formula is C22H21F3N4O2. The molecule has 1 aromatic carbocycles. The van der Waals surface area contributed by atoms with E-state index in [0.29, 0.717) is 31.0 Å². The highest BCUT2D eigenvalue weighted by atomic mass is 19.4. The number of nitrogens with zero attached hydrogens (tertiary/aromatic N) is 3. The lowest BCUT2D eigenvalue weighted by Gasteiger charge is -2.20. The number of rotatable bonds is 5. The van der Waals surface area contributed by atoms with E-state index < -0.39 is 11.7 Å². The molecule has 1 aliphatic rings. The van der Waals surface area contributed by atoms with Gasteiger partial charge in [0.25, 0.3) is 0 Å². The number of carbonyl (C=O) groups excluding carboxylic acids is 1. The molecule has 162 valence electrons. The summed E-state index contributed by atoms with van der Waals surface area (Å²) in [4.78, 5) is 22.0. The fourth-order valence-electron chi connectivity index (χ4n) is 3.69. The molecule has 1 amide bonds. The number of benzene rings is 1. The molecular weight excluding hydrogens is 409 g/mol. The fourth-order valence-corrected chi connectivity index (χ4v) is 3.69. The molecule has 0 saturated carbocycles. The number of nitrogens with one attached hydrogen (secondary N) is 1. The molecule has 6 nitrogen and oxygen atoms in total. The Kier molecular flexibility index (Phi) is 5.67. The predicted molar refractivity (Wildman–Crippen MR) is 108 cm³/mol. The van der Waals surface area contributed by atoms with Gasteiger partial charge in [0.2, 0.25) is 5.91 Å². The molecule has 1 unspecified atom stereocenters. The van der Waals surface area contributed by atoms with Gasteiger partial charge in [0.15, 0.2) is 12.2 Å². The molecule has 0 radical (unpaired) electrons. The van der Waals surface area contributed by atoms with Crippen molar-refractivity contribution < 1.29 is 22.4 Å². The topological polar surface area (TPSA) is 71.3 Å². The van der Waals surface area contributed by atoms with Gasteiger partial charge in [-0.3, -0.25) is 9.78 Å². The first-order valence-corrected chi connectivity index (χ1v) is 9.85.